The molecule has 4 aromatic rings. The molecule has 0 spiro atoms. The van der Waals surface area contributed by atoms with E-state index in [0.717, 1.165) is 27.0 Å². The largest absolute Gasteiger partial charge is 0.357 e. The summed E-state index contributed by atoms with van der Waals surface area (Å²) in [4.78, 5) is 22.8. The van der Waals surface area contributed by atoms with E-state index in [1.54, 1.807) is 35.9 Å². The van der Waals surface area contributed by atoms with Crippen molar-refractivity contribution in [1.82, 2.24) is 9.97 Å². The average Bonchev–Trinajstić information content (AvgIpc) is 3.13. The summed E-state index contributed by atoms with van der Waals surface area (Å²) in [5.74, 6) is 0.610. The molecule has 0 aliphatic carbocycles. The van der Waals surface area contributed by atoms with E-state index in [4.69, 9.17) is 0 Å². The van der Waals surface area contributed by atoms with Crippen molar-refractivity contribution in [3.05, 3.63) is 107 Å². The molecule has 3 aromatic heterocycles. The summed E-state index contributed by atoms with van der Waals surface area (Å²) in [5.41, 5.74) is 2.43. The van der Waals surface area contributed by atoms with E-state index in [1.165, 1.54) is 0 Å². The van der Waals surface area contributed by atoms with Gasteiger partial charge in [-0.05, 0) is 49.4 Å². The lowest BCUT2D eigenvalue weighted by Gasteiger charge is -2.20. The molecular formula is C23H20N4OS. The molecule has 1 amide bonds. The van der Waals surface area contributed by atoms with Gasteiger partial charge in [0, 0.05) is 28.4 Å². The van der Waals surface area contributed by atoms with Gasteiger partial charge in [-0.1, -0.05) is 30.3 Å². The summed E-state index contributed by atoms with van der Waals surface area (Å²) in [5, 5.41) is 7.34. The van der Waals surface area contributed by atoms with Gasteiger partial charge >= 0.3 is 0 Å². The summed E-state index contributed by atoms with van der Waals surface area (Å²) in [6, 6.07) is 22.6. The van der Waals surface area contributed by atoms with Gasteiger partial charge in [0.15, 0.2) is 0 Å². The summed E-state index contributed by atoms with van der Waals surface area (Å²) < 4.78 is 0. The molecule has 0 aliphatic heterocycles. The highest BCUT2D eigenvalue weighted by Crippen LogP contribution is 2.36. The molecule has 0 saturated heterocycles. The number of hydrogen-bond donors (Lipinski definition) is 2. The van der Waals surface area contributed by atoms with Gasteiger partial charge in [0.1, 0.15) is 10.8 Å². The van der Waals surface area contributed by atoms with Gasteiger partial charge in [0.2, 0.25) is 0 Å². The molecule has 0 saturated carbocycles. The number of aromatic nitrogens is 2. The van der Waals surface area contributed by atoms with Gasteiger partial charge in [-0.2, -0.15) is 0 Å². The SMILES string of the molecule is Cc1cc([C@H](Nc2ccccn2)c2ccccn2)c(NC(=O)c2ccccc2)s1. The van der Waals surface area contributed by atoms with E-state index in [-0.39, 0.29) is 11.9 Å². The van der Waals surface area contributed by atoms with Gasteiger partial charge < -0.3 is 10.6 Å². The Kier molecular flexibility index (Phi) is 5.63. The minimum Gasteiger partial charge on any atom is -0.357 e. The number of thiophene rings is 1. The van der Waals surface area contributed by atoms with Crippen molar-refractivity contribution in [3.63, 3.8) is 0 Å². The number of hydrogen-bond acceptors (Lipinski definition) is 5. The molecule has 0 fully saturated rings. The van der Waals surface area contributed by atoms with Gasteiger partial charge in [-0.25, -0.2) is 4.98 Å². The lowest BCUT2D eigenvalue weighted by Crippen LogP contribution is -2.17. The number of nitrogens with one attached hydrogen (secondary N) is 2. The molecule has 1 aromatic carbocycles. The average molecular weight is 401 g/mol. The van der Waals surface area contributed by atoms with Crippen LogP contribution in [-0.4, -0.2) is 15.9 Å². The molecular weight excluding hydrogens is 380 g/mol. The van der Waals surface area contributed by atoms with Crippen molar-refractivity contribution in [2.75, 3.05) is 10.6 Å². The van der Waals surface area contributed by atoms with E-state index >= 15 is 0 Å². The normalized spacial score (nSPS) is 11.6. The molecule has 0 radical (unpaired) electrons. The Labute approximate surface area is 173 Å². The van der Waals surface area contributed by atoms with Crippen LogP contribution >= 0.6 is 11.3 Å². The molecule has 4 rings (SSSR count). The fourth-order valence-corrected chi connectivity index (χ4v) is 4.01. The Bertz CT molecular complexity index is 1080. The second kappa shape index (κ2) is 8.67. The summed E-state index contributed by atoms with van der Waals surface area (Å²) >= 11 is 1.55. The van der Waals surface area contributed by atoms with E-state index in [1.807, 2.05) is 61.5 Å². The van der Waals surface area contributed by atoms with Crippen LogP contribution < -0.4 is 10.6 Å². The minimum absolute atomic E-state index is 0.133. The number of pyridine rings is 2. The van der Waals surface area contributed by atoms with Crippen LogP contribution in [0.1, 0.15) is 32.5 Å². The quantitative estimate of drug-likeness (QED) is 0.461. The maximum absolute atomic E-state index is 12.7. The second-order valence-corrected chi connectivity index (χ2v) is 7.76. The molecule has 6 heteroatoms. The number of anilines is 2. The highest BCUT2D eigenvalue weighted by molar-refractivity contribution is 7.16. The number of nitrogens with zero attached hydrogens (tertiary/aromatic N) is 2. The number of amides is 1. The minimum atomic E-state index is -0.248. The Morgan fingerprint density at radius 2 is 1.66 bits per heavy atom. The molecule has 29 heavy (non-hydrogen) atoms. The van der Waals surface area contributed by atoms with Crippen LogP contribution in [0.15, 0.2) is 85.2 Å². The predicted molar refractivity (Wildman–Crippen MR) is 117 cm³/mol. The van der Waals surface area contributed by atoms with Crippen LogP contribution in [0.5, 0.6) is 0 Å². The number of rotatable bonds is 6. The third-order valence-electron chi connectivity index (χ3n) is 4.40. The number of carbonyl (C=O) groups is 1. The maximum atomic E-state index is 12.7. The summed E-state index contributed by atoms with van der Waals surface area (Å²) in [6.45, 7) is 2.03. The van der Waals surface area contributed by atoms with Crippen molar-refractivity contribution in [2.24, 2.45) is 0 Å². The van der Waals surface area contributed by atoms with E-state index in [2.05, 4.69) is 26.7 Å². The fourth-order valence-electron chi connectivity index (χ4n) is 3.06. The Balaban J connectivity index is 1.70. The molecule has 2 N–H and O–H groups in total. The van der Waals surface area contributed by atoms with Crippen molar-refractivity contribution in [3.8, 4) is 0 Å². The lowest BCUT2D eigenvalue weighted by atomic mass is 10.0. The van der Waals surface area contributed by atoms with Crippen molar-refractivity contribution in [1.29, 1.82) is 0 Å². The van der Waals surface area contributed by atoms with Crippen molar-refractivity contribution >= 4 is 28.1 Å². The zero-order valence-corrected chi connectivity index (χ0v) is 16.7. The summed E-state index contributed by atoms with van der Waals surface area (Å²) in [7, 11) is 0. The number of benzene rings is 1. The smallest absolute Gasteiger partial charge is 0.256 e. The third kappa shape index (κ3) is 4.50. The van der Waals surface area contributed by atoms with Crippen LogP contribution in [0.25, 0.3) is 0 Å². The molecule has 144 valence electrons. The predicted octanol–water partition coefficient (Wildman–Crippen LogP) is 5.30. The first-order valence-corrected chi connectivity index (χ1v) is 10.1. The molecule has 5 nitrogen and oxygen atoms in total. The maximum Gasteiger partial charge on any atom is 0.256 e. The van der Waals surface area contributed by atoms with Gasteiger partial charge in [-0.3, -0.25) is 9.78 Å². The molecule has 3 heterocycles. The monoisotopic (exact) mass is 400 g/mol. The van der Waals surface area contributed by atoms with Gasteiger partial charge in [-0.15, -0.1) is 11.3 Å². The molecule has 1 atom stereocenters. The summed E-state index contributed by atoms with van der Waals surface area (Å²) in [6.07, 6.45) is 3.51. The third-order valence-corrected chi connectivity index (χ3v) is 5.38. The number of aryl methyl sites for hydroxylation is 1. The first-order valence-electron chi connectivity index (χ1n) is 9.26. The number of carbonyl (C=O) groups excluding carboxylic acids is 1. The van der Waals surface area contributed by atoms with Crippen molar-refractivity contribution in [2.45, 2.75) is 13.0 Å². The fraction of sp³-hybridized carbons (Fsp3) is 0.0870. The van der Waals surface area contributed by atoms with E-state index in [0.29, 0.717) is 5.56 Å². The van der Waals surface area contributed by atoms with Crippen LogP contribution in [0, 0.1) is 6.92 Å². The zero-order chi connectivity index (χ0) is 20.1. The molecule has 0 aliphatic rings. The standard InChI is InChI=1S/C23H20N4OS/c1-16-15-18(23(29-16)27-22(28)17-9-3-2-4-10-17)21(19-11-5-7-13-24-19)26-20-12-6-8-14-25-20/h2-15,21H,1H3,(H,25,26)(H,27,28)/t21-/m0/s1. The second-order valence-electron chi connectivity index (χ2n) is 6.51. The van der Waals surface area contributed by atoms with Crippen molar-refractivity contribution < 1.29 is 4.79 Å². The molecule has 0 bridgehead atoms. The van der Waals surface area contributed by atoms with Crippen LogP contribution in [0.4, 0.5) is 10.8 Å². The Morgan fingerprint density at radius 3 is 2.34 bits per heavy atom. The Hall–Kier alpha value is -3.51. The molecule has 0 unspecified atom stereocenters. The van der Waals surface area contributed by atoms with Gasteiger partial charge in [0.25, 0.3) is 5.91 Å². The Morgan fingerprint density at radius 1 is 0.931 bits per heavy atom. The van der Waals surface area contributed by atoms with Crippen LogP contribution in [0.3, 0.4) is 0 Å². The first kappa shape index (κ1) is 18.8. The van der Waals surface area contributed by atoms with E-state index in [9.17, 15) is 4.79 Å². The zero-order valence-electron chi connectivity index (χ0n) is 15.9. The first-order chi connectivity index (χ1) is 14.2. The van der Waals surface area contributed by atoms with Crippen LogP contribution in [0.2, 0.25) is 0 Å². The lowest BCUT2D eigenvalue weighted by molar-refractivity contribution is 0.102. The highest BCUT2D eigenvalue weighted by Gasteiger charge is 2.23. The van der Waals surface area contributed by atoms with Crippen LogP contribution in [-0.2, 0) is 0 Å². The van der Waals surface area contributed by atoms with E-state index < -0.39 is 0 Å². The topological polar surface area (TPSA) is 66.9 Å². The highest BCUT2D eigenvalue weighted by atomic mass is 32.1. The van der Waals surface area contributed by atoms with Gasteiger partial charge in [0.05, 0.1) is 11.7 Å².